The van der Waals surface area contributed by atoms with Gasteiger partial charge in [0.2, 0.25) is 0 Å². The molecule has 2 atom stereocenters. The van der Waals surface area contributed by atoms with Crippen molar-refractivity contribution in [2.75, 3.05) is 10.8 Å². The number of rotatable bonds is 9. The summed E-state index contributed by atoms with van der Waals surface area (Å²) in [4.78, 5) is 12.7. The minimum absolute atomic E-state index is 0.126. The minimum atomic E-state index is -0.126. The Kier molecular flexibility index (Phi) is 6.23. The van der Waals surface area contributed by atoms with Gasteiger partial charge in [0, 0.05) is 25.5 Å². The second-order valence-corrected chi connectivity index (χ2v) is 9.58. The number of amides is 2. The van der Waals surface area contributed by atoms with Crippen molar-refractivity contribution >= 4 is 23.9 Å². The molecule has 158 valence electrons. The zero-order chi connectivity index (χ0) is 20.4. The third-order valence-corrected chi connectivity index (χ3v) is 7.33. The fraction of sp³-hybridized carbons (Fsp3) is 0.636. The van der Waals surface area contributed by atoms with E-state index in [0.29, 0.717) is 11.8 Å². The molecule has 2 amide bonds. The number of carbonyl (C=O) groups is 1. The Balaban J connectivity index is 1.37. The smallest absolute Gasteiger partial charge is 0.307 e. The molecule has 29 heavy (non-hydrogen) atoms. The second-order valence-electron chi connectivity index (χ2n) is 8.75. The lowest BCUT2D eigenvalue weighted by molar-refractivity contribution is 0.248. The lowest BCUT2D eigenvalue weighted by atomic mass is 9.65. The molecule has 3 aliphatic carbocycles. The summed E-state index contributed by atoms with van der Waals surface area (Å²) >= 11 is 1.37. The zero-order valence-electron chi connectivity index (χ0n) is 17.8. The van der Waals surface area contributed by atoms with Gasteiger partial charge in [0.05, 0.1) is 24.0 Å². The van der Waals surface area contributed by atoms with Crippen molar-refractivity contribution in [3.8, 4) is 0 Å². The SMILES string of the molecule is CCCC[C@@H](C)CN(SNC(=O)NC1=C2CCC2CC2=C1CC2)c1cnn(C)c1. The predicted octanol–water partition coefficient (Wildman–Crippen LogP) is 5.07. The maximum Gasteiger partial charge on any atom is 0.330 e. The number of unbranched alkanes of at least 4 members (excludes halogenated alkanes) is 1. The molecule has 1 unspecified atom stereocenters. The Morgan fingerprint density at radius 3 is 2.90 bits per heavy atom. The van der Waals surface area contributed by atoms with Crippen molar-refractivity contribution in [1.29, 1.82) is 0 Å². The number of aromatic nitrogens is 2. The van der Waals surface area contributed by atoms with E-state index >= 15 is 0 Å². The summed E-state index contributed by atoms with van der Waals surface area (Å²) in [6.07, 6.45) is 13.5. The van der Waals surface area contributed by atoms with Gasteiger partial charge in [0.15, 0.2) is 0 Å². The first-order valence-corrected chi connectivity index (χ1v) is 11.8. The molecule has 0 bridgehead atoms. The van der Waals surface area contributed by atoms with Crippen LogP contribution in [0.4, 0.5) is 10.5 Å². The van der Waals surface area contributed by atoms with Crippen LogP contribution in [-0.4, -0.2) is 22.4 Å². The molecule has 0 radical (unpaired) electrons. The number of aryl methyl sites for hydroxylation is 1. The van der Waals surface area contributed by atoms with E-state index < -0.39 is 0 Å². The molecule has 1 aromatic rings. The molecule has 3 aliphatic rings. The molecule has 7 heteroatoms. The van der Waals surface area contributed by atoms with Crippen LogP contribution in [0.2, 0.25) is 0 Å². The highest BCUT2D eigenvalue weighted by Crippen LogP contribution is 2.51. The molecule has 1 saturated carbocycles. The summed E-state index contributed by atoms with van der Waals surface area (Å²) < 4.78 is 6.96. The Bertz CT molecular complexity index is 827. The number of carbonyl (C=O) groups excluding carboxylic acids is 1. The molecule has 0 saturated heterocycles. The normalized spacial score (nSPS) is 21.0. The van der Waals surface area contributed by atoms with E-state index in [2.05, 4.69) is 33.3 Å². The molecule has 2 N–H and O–H groups in total. The fourth-order valence-corrected chi connectivity index (χ4v) is 5.32. The summed E-state index contributed by atoms with van der Waals surface area (Å²) in [5.74, 6) is 1.23. The Labute approximate surface area is 178 Å². The molecule has 0 spiro atoms. The topological polar surface area (TPSA) is 62.2 Å². The van der Waals surface area contributed by atoms with Crippen molar-refractivity contribution in [1.82, 2.24) is 19.8 Å². The number of nitrogens with one attached hydrogen (secondary N) is 2. The molecule has 1 heterocycles. The molecule has 0 aromatic carbocycles. The maximum absolute atomic E-state index is 12.7. The van der Waals surface area contributed by atoms with Crippen molar-refractivity contribution in [2.45, 2.75) is 65.2 Å². The van der Waals surface area contributed by atoms with Crippen LogP contribution in [0, 0.1) is 11.8 Å². The Hall–Kier alpha value is -1.89. The maximum atomic E-state index is 12.7. The number of nitrogens with zero attached hydrogens (tertiary/aromatic N) is 3. The summed E-state index contributed by atoms with van der Waals surface area (Å²) in [6.45, 7) is 5.38. The highest BCUT2D eigenvalue weighted by Gasteiger charge is 2.38. The molecule has 1 aromatic heterocycles. The lowest BCUT2D eigenvalue weighted by Gasteiger charge is -2.42. The van der Waals surface area contributed by atoms with Gasteiger partial charge in [-0.25, -0.2) is 4.79 Å². The zero-order valence-corrected chi connectivity index (χ0v) is 18.6. The van der Waals surface area contributed by atoms with Crippen molar-refractivity contribution in [2.24, 2.45) is 18.9 Å². The van der Waals surface area contributed by atoms with Crippen molar-refractivity contribution < 1.29 is 4.79 Å². The van der Waals surface area contributed by atoms with Crippen LogP contribution in [-0.2, 0) is 7.05 Å². The van der Waals surface area contributed by atoms with E-state index in [-0.39, 0.29) is 6.03 Å². The van der Waals surface area contributed by atoms with Gasteiger partial charge >= 0.3 is 6.03 Å². The van der Waals surface area contributed by atoms with Gasteiger partial charge in [-0.1, -0.05) is 32.3 Å². The number of hydrogen-bond acceptors (Lipinski definition) is 4. The van der Waals surface area contributed by atoms with Gasteiger partial charge in [0.1, 0.15) is 0 Å². The lowest BCUT2D eigenvalue weighted by Crippen LogP contribution is -2.39. The van der Waals surface area contributed by atoms with Gasteiger partial charge < -0.3 is 5.32 Å². The third-order valence-electron chi connectivity index (χ3n) is 6.47. The second kappa shape index (κ2) is 8.86. The highest BCUT2D eigenvalue weighted by molar-refractivity contribution is 7.99. The summed E-state index contributed by atoms with van der Waals surface area (Å²) in [5.41, 5.74) is 6.61. The fourth-order valence-electron chi connectivity index (χ4n) is 4.54. The standard InChI is InChI=1S/C22H33N5OS/c1-4-5-6-15(2)13-27(18-12-23-26(3)14-18)29-25-22(28)24-21-19-9-7-16(19)11-17-8-10-20(17)21/h12,14-16H,4-11,13H2,1-3H3,(H2,24,25,28)/t15-,16?/m1/s1. The first-order valence-electron chi connectivity index (χ1n) is 11.0. The van der Waals surface area contributed by atoms with Gasteiger partial charge in [0.25, 0.3) is 0 Å². The summed E-state index contributed by atoms with van der Waals surface area (Å²) in [7, 11) is 1.92. The van der Waals surface area contributed by atoms with Gasteiger partial charge in [-0.3, -0.25) is 13.7 Å². The van der Waals surface area contributed by atoms with Crippen LogP contribution in [0.3, 0.4) is 0 Å². The van der Waals surface area contributed by atoms with Crippen molar-refractivity contribution in [3.05, 3.63) is 34.8 Å². The minimum Gasteiger partial charge on any atom is -0.307 e. The number of urea groups is 1. The average Bonchev–Trinajstić information content (AvgIpc) is 3.07. The first kappa shape index (κ1) is 20.4. The largest absolute Gasteiger partial charge is 0.330 e. The van der Waals surface area contributed by atoms with Gasteiger partial charge in [-0.05, 0) is 61.5 Å². The van der Waals surface area contributed by atoms with Crippen LogP contribution < -0.4 is 14.3 Å². The predicted molar refractivity (Wildman–Crippen MR) is 119 cm³/mol. The quantitative estimate of drug-likeness (QED) is 0.553. The molecule has 0 aliphatic heterocycles. The van der Waals surface area contributed by atoms with Crippen LogP contribution in [0.25, 0.3) is 0 Å². The monoisotopic (exact) mass is 415 g/mol. The van der Waals surface area contributed by atoms with Gasteiger partial charge in [-0.2, -0.15) is 5.10 Å². The number of hydrogen-bond donors (Lipinski definition) is 2. The third kappa shape index (κ3) is 4.49. The number of anilines is 1. The van der Waals surface area contributed by atoms with E-state index in [1.54, 1.807) is 10.3 Å². The van der Waals surface area contributed by atoms with E-state index in [0.717, 1.165) is 30.8 Å². The molecular weight excluding hydrogens is 382 g/mol. The van der Waals surface area contributed by atoms with Crippen LogP contribution in [0.15, 0.2) is 34.8 Å². The van der Waals surface area contributed by atoms with E-state index in [4.69, 9.17) is 0 Å². The summed E-state index contributed by atoms with van der Waals surface area (Å²) in [5, 5.41) is 7.48. The van der Waals surface area contributed by atoms with E-state index in [1.807, 2.05) is 19.4 Å². The summed E-state index contributed by atoms with van der Waals surface area (Å²) in [6, 6.07) is -0.126. The van der Waals surface area contributed by atoms with Gasteiger partial charge in [-0.15, -0.1) is 0 Å². The Morgan fingerprint density at radius 1 is 1.41 bits per heavy atom. The Morgan fingerprint density at radius 2 is 2.28 bits per heavy atom. The molecule has 6 nitrogen and oxygen atoms in total. The van der Waals surface area contributed by atoms with E-state index in [1.165, 1.54) is 61.8 Å². The van der Waals surface area contributed by atoms with Crippen LogP contribution >= 0.6 is 12.1 Å². The first-order chi connectivity index (χ1) is 14.0. The average molecular weight is 416 g/mol. The van der Waals surface area contributed by atoms with E-state index in [9.17, 15) is 4.79 Å². The van der Waals surface area contributed by atoms with Crippen LogP contribution in [0.1, 0.15) is 65.2 Å². The molecular formula is C22H33N5OS. The number of fused-ring (bicyclic) bond motifs is 1. The molecule has 1 fully saturated rings. The number of allylic oxidation sites excluding steroid dienone is 3. The molecule has 4 rings (SSSR count). The van der Waals surface area contributed by atoms with Crippen LogP contribution in [0.5, 0.6) is 0 Å². The highest BCUT2D eigenvalue weighted by atomic mass is 32.2. The van der Waals surface area contributed by atoms with Crippen molar-refractivity contribution in [3.63, 3.8) is 0 Å².